The maximum absolute atomic E-state index is 10.8. The van der Waals surface area contributed by atoms with E-state index >= 15 is 0 Å². The molecule has 0 bridgehead atoms. The smallest absolute Gasteiger partial charge is 0.320 e. The van der Waals surface area contributed by atoms with Gasteiger partial charge in [0.25, 0.3) is 5.22 Å². The summed E-state index contributed by atoms with van der Waals surface area (Å²) in [4.78, 5) is 21.5. The summed E-state index contributed by atoms with van der Waals surface area (Å²) in [5, 5.41) is 11.1. The Balaban J connectivity index is 2.38. The number of hydrogen-bond acceptors (Lipinski definition) is 9. The lowest BCUT2D eigenvalue weighted by Gasteiger charge is -2.01. The molecule has 10 heteroatoms. The van der Waals surface area contributed by atoms with E-state index in [1.54, 1.807) is 0 Å². The molecule has 0 spiro atoms. The van der Waals surface area contributed by atoms with Crippen molar-refractivity contribution in [2.75, 3.05) is 5.43 Å². The standard InChI is InChI=1S/C7H6N6O3S/c8-12-6-10-3-4(13(14)15)5(11-6)17-7-9-1-2-16-7/h1-3H,8H2,(H,10,11,12). The predicted molar refractivity (Wildman–Crippen MR) is 57.1 cm³/mol. The summed E-state index contributed by atoms with van der Waals surface area (Å²) in [5.74, 6) is 5.20. The van der Waals surface area contributed by atoms with Crippen molar-refractivity contribution in [3.63, 3.8) is 0 Å². The molecule has 0 fully saturated rings. The molecule has 0 atom stereocenters. The Morgan fingerprint density at radius 2 is 2.35 bits per heavy atom. The number of nitrogen functional groups attached to an aromatic ring is 1. The van der Waals surface area contributed by atoms with Crippen molar-refractivity contribution in [2.45, 2.75) is 10.2 Å². The molecular weight excluding hydrogens is 248 g/mol. The van der Waals surface area contributed by atoms with E-state index < -0.39 is 4.92 Å². The van der Waals surface area contributed by atoms with Crippen LogP contribution in [0.1, 0.15) is 0 Å². The van der Waals surface area contributed by atoms with Crippen LogP contribution in [0.2, 0.25) is 0 Å². The van der Waals surface area contributed by atoms with Gasteiger partial charge in [-0.25, -0.2) is 15.8 Å². The van der Waals surface area contributed by atoms with Crippen LogP contribution in [0.25, 0.3) is 0 Å². The van der Waals surface area contributed by atoms with Gasteiger partial charge in [-0.2, -0.15) is 4.98 Å². The minimum Gasteiger partial charge on any atom is -0.440 e. The van der Waals surface area contributed by atoms with Gasteiger partial charge in [0.05, 0.1) is 11.1 Å². The van der Waals surface area contributed by atoms with Gasteiger partial charge >= 0.3 is 5.69 Å². The van der Waals surface area contributed by atoms with Crippen LogP contribution in [0.15, 0.2) is 33.3 Å². The highest BCUT2D eigenvalue weighted by molar-refractivity contribution is 7.99. The van der Waals surface area contributed by atoms with Crippen molar-refractivity contribution in [1.82, 2.24) is 15.0 Å². The van der Waals surface area contributed by atoms with Crippen LogP contribution < -0.4 is 11.3 Å². The summed E-state index contributed by atoms with van der Waals surface area (Å²) in [7, 11) is 0. The van der Waals surface area contributed by atoms with Crippen LogP contribution >= 0.6 is 11.8 Å². The summed E-state index contributed by atoms with van der Waals surface area (Å²) in [6.07, 6.45) is 3.85. The van der Waals surface area contributed by atoms with Crippen LogP contribution in [0.3, 0.4) is 0 Å². The van der Waals surface area contributed by atoms with E-state index in [4.69, 9.17) is 10.3 Å². The van der Waals surface area contributed by atoms with Crippen molar-refractivity contribution in [3.8, 4) is 0 Å². The number of oxazole rings is 1. The zero-order valence-corrected chi connectivity index (χ0v) is 9.05. The van der Waals surface area contributed by atoms with Crippen molar-refractivity contribution < 1.29 is 9.34 Å². The first-order valence-corrected chi connectivity index (χ1v) is 5.07. The molecule has 17 heavy (non-hydrogen) atoms. The van der Waals surface area contributed by atoms with Gasteiger partial charge in [-0.05, 0) is 11.8 Å². The highest BCUT2D eigenvalue weighted by Gasteiger charge is 2.19. The van der Waals surface area contributed by atoms with E-state index in [2.05, 4.69) is 20.4 Å². The fraction of sp³-hybridized carbons (Fsp3) is 0. The summed E-state index contributed by atoms with van der Waals surface area (Å²) >= 11 is 0.913. The Bertz CT molecular complexity index is 530. The number of hydrogen-bond donors (Lipinski definition) is 2. The molecule has 2 heterocycles. The number of nitrogens with one attached hydrogen (secondary N) is 1. The minimum absolute atomic E-state index is 0.0738. The molecule has 0 amide bonds. The van der Waals surface area contributed by atoms with Crippen LogP contribution in [0, 0.1) is 10.1 Å². The SMILES string of the molecule is NNc1ncc([N+](=O)[O-])c(Sc2ncco2)n1. The second-order valence-electron chi connectivity index (χ2n) is 2.69. The molecule has 3 N–H and O–H groups in total. The van der Waals surface area contributed by atoms with Crippen molar-refractivity contribution in [3.05, 3.63) is 28.8 Å². The molecule has 9 nitrogen and oxygen atoms in total. The highest BCUT2D eigenvalue weighted by atomic mass is 32.2. The lowest BCUT2D eigenvalue weighted by atomic mass is 10.5. The lowest BCUT2D eigenvalue weighted by molar-refractivity contribution is -0.388. The zero-order chi connectivity index (χ0) is 12.3. The Hall–Kier alpha value is -2.20. The van der Waals surface area contributed by atoms with E-state index in [-0.39, 0.29) is 21.9 Å². The molecule has 0 aliphatic carbocycles. The third kappa shape index (κ3) is 2.49. The van der Waals surface area contributed by atoms with Crippen molar-refractivity contribution >= 4 is 23.4 Å². The fourth-order valence-corrected chi connectivity index (χ4v) is 1.72. The molecule has 0 aromatic carbocycles. The molecule has 0 aliphatic heterocycles. The zero-order valence-electron chi connectivity index (χ0n) is 8.23. The first-order valence-electron chi connectivity index (χ1n) is 4.26. The molecule has 2 aromatic heterocycles. The maximum atomic E-state index is 10.8. The Kier molecular flexibility index (Phi) is 3.16. The largest absolute Gasteiger partial charge is 0.440 e. The molecular formula is C7H6N6O3S. The first-order chi connectivity index (χ1) is 8.20. The normalized spacial score (nSPS) is 10.2. The quantitative estimate of drug-likeness (QED) is 0.351. The number of rotatable bonds is 4. The van der Waals surface area contributed by atoms with Gasteiger partial charge in [-0.3, -0.25) is 15.5 Å². The Morgan fingerprint density at radius 1 is 1.53 bits per heavy atom. The molecule has 0 saturated heterocycles. The third-order valence-corrected chi connectivity index (χ3v) is 2.53. The summed E-state index contributed by atoms with van der Waals surface area (Å²) in [5.41, 5.74) is 1.96. The number of nitrogens with zero attached hydrogens (tertiary/aromatic N) is 4. The fourth-order valence-electron chi connectivity index (χ4n) is 0.973. The Morgan fingerprint density at radius 3 is 2.94 bits per heavy atom. The second-order valence-corrected chi connectivity index (χ2v) is 3.63. The first kappa shape index (κ1) is 11.3. The summed E-state index contributed by atoms with van der Waals surface area (Å²) < 4.78 is 4.96. The van der Waals surface area contributed by atoms with Gasteiger partial charge < -0.3 is 4.42 Å². The second kappa shape index (κ2) is 4.76. The maximum Gasteiger partial charge on any atom is 0.320 e. The monoisotopic (exact) mass is 254 g/mol. The van der Waals surface area contributed by atoms with E-state index in [0.717, 1.165) is 18.0 Å². The van der Waals surface area contributed by atoms with Gasteiger partial charge in [-0.15, -0.1) is 0 Å². The Labute approximate surface area is 98.6 Å². The molecule has 2 rings (SSSR count). The van der Waals surface area contributed by atoms with E-state index in [1.165, 1.54) is 12.5 Å². The van der Waals surface area contributed by atoms with Crippen molar-refractivity contribution in [1.29, 1.82) is 0 Å². The van der Waals surface area contributed by atoms with Gasteiger partial charge in [0.1, 0.15) is 12.5 Å². The average Bonchev–Trinajstić information content (AvgIpc) is 2.81. The lowest BCUT2D eigenvalue weighted by Crippen LogP contribution is -2.11. The van der Waals surface area contributed by atoms with Gasteiger partial charge in [0, 0.05) is 0 Å². The third-order valence-electron chi connectivity index (χ3n) is 1.66. The molecule has 2 aromatic rings. The van der Waals surface area contributed by atoms with Gasteiger partial charge in [0.2, 0.25) is 5.95 Å². The molecule has 0 unspecified atom stereocenters. The van der Waals surface area contributed by atoms with Gasteiger partial charge in [0.15, 0.2) is 5.03 Å². The number of nitro groups is 1. The molecule has 88 valence electrons. The number of anilines is 1. The van der Waals surface area contributed by atoms with Crippen LogP contribution in [-0.2, 0) is 0 Å². The van der Waals surface area contributed by atoms with Gasteiger partial charge in [-0.1, -0.05) is 0 Å². The summed E-state index contributed by atoms with van der Waals surface area (Å²) in [6.45, 7) is 0. The van der Waals surface area contributed by atoms with Crippen LogP contribution in [0.5, 0.6) is 0 Å². The van der Waals surface area contributed by atoms with Crippen LogP contribution in [0.4, 0.5) is 11.6 Å². The molecule has 0 aliphatic rings. The molecule has 0 saturated carbocycles. The minimum atomic E-state index is -0.592. The summed E-state index contributed by atoms with van der Waals surface area (Å²) in [6, 6.07) is 0. The number of aromatic nitrogens is 3. The predicted octanol–water partition coefficient (Wildman–Crippen LogP) is 0.810. The molecule has 0 radical (unpaired) electrons. The number of hydrazine groups is 1. The highest BCUT2D eigenvalue weighted by Crippen LogP contribution is 2.31. The topological polar surface area (TPSA) is 133 Å². The van der Waals surface area contributed by atoms with Crippen molar-refractivity contribution in [2.24, 2.45) is 5.84 Å². The van der Waals surface area contributed by atoms with E-state index in [9.17, 15) is 10.1 Å². The van der Waals surface area contributed by atoms with Crippen LogP contribution in [-0.4, -0.2) is 19.9 Å². The van der Waals surface area contributed by atoms with E-state index in [1.807, 2.05) is 0 Å². The van der Waals surface area contributed by atoms with E-state index in [0.29, 0.717) is 0 Å². The number of nitrogens with two attached hydrogens (primary N) is 1. The average molecular weight is 254 g/mol.